The molecule has 2 heterocycles. The number of nitrogens with zero attached hydrogens (tertiary/aromatic N) is 2. The maximum atomic E-state index is 5.89. The molecule has 0 spiro atoms. The first-order chi connectivity index (χ1) is 11.7. The molecule has 0 bridgehead atoms. The number of nitrogens with one attached hydrogen (secondary N) is 1. The van der Waals surface area contributed by atoms with Gasteiger partial charge in [0.15, 0.2) is 11.5 Å². The Labute approximate surface area is 141 Å². The molecule has 1 unspecified atom stereocenters. The maximum Gasteiger partial charge on any atom is 0.222 e. The molecule has 6 nitrogen and oxygen atoms in total. The summed E-state index contributed by atoms with van der Waals surface area (Å²) >= 11 is 0. The largest absolute Gasteiger partial charge is 0.486 e. The quantitative estimate of drug-likeness (QED) is 0.902. The summed E-state index contributed by atoms with van der Waals surface area (Å²) < 4.78 is 11.3. The zero-order chi connectivity index (χ0) is 16.5. The fourth-order valence-corrected chi connectivity index (χ4v) is 3.35. The van der Waals surface area contributed by atoms with Crippen LogP contribution < -0.4 is 20.5 Å². The Morgan fingerprint density at radius 2 is 1.88 bits per heavy atom. The van der Waals surface area contributed by atoms with E-state index in [-0.39, 0.29) is 6.04 Å². The third-order valence-electron chi connectivity index (χ3n) is 4.62. The number of rotatable bonds is 3. The summed E-state index contributed by atoms with van der Waals surface area (Å²) in [6.07, 6.45) is 4.33. The molecular weight excluding hydrogens is 304 g/mol. The monoisotopic (exact) mass is 326 g/mol. The lowest BCUT2D eigenvalue weighted by molar-refractivity contribution is 0.171. The standard InChI is InChI=1S/C18H22N4O2/c1-11(12-6-7-15-16(10-12)24-9-8-23-15)20-17-13-4-2-3-5-14(13)21-18(19)22-17/h6-7,10-11H,2-5,8-9H2,1H3,(H3,19,20,21,22). The van der Waals surface area contributed by atoms with Crippen LogP contribution >= 0.6 is 0 Å². The Morgan fingerprint density at radius 1 is 1.08 bits per heavy atom. The van der Waals surface area contributed by atoms with Gasteiger partial charge < -0.3 is 20.5 Å². The molecule has 24 heavy (non-hydrogen) atoms. The summed E-state index contributed by atoms with van der Waals surface area (Å²) in [6, 6.07) is 6.14. The van der Waals surface area contributed by atoms with E-state index < -0.39 is 0 Å². The molecule has 2 aromatic rings. The van der Waals surface area contributed by atoms with Crippen LogP contribution in [0.15, 0.2) is 18.2 Å². The van der Waals surface area contributed by atoms with Crippen molar-refractivity contribution in [3.05, 3.63) is 35.0 Å². The first kappa shape index (κ1) is 15.1. The number of fused-ring (bicyclic) bond motifs is 2. The first-order valence-corrected chi connectivity index (χ1v) is 8.52. The molecule has 1 aromatic carbocycles. The molecule has 0 saturated carbocycles. The van der Waals surface area contributed by atoms with Crippen LogP contribution in [0.3, 0.4) is 0 Å². The van der Waals surface area contributed by atoms with Crippen molar-refractivity contribution in [2.45, 2.75) is 38.6 Å². The highest BCUT2D eigenvalue weighted by Crippen LogP contribution is 2.34. The molecule has 1 atom stereocenters. The van der Waals surface area contributed by atoms with Gasteiger partial charge in [-0.25, -0.2) is 4.98 Å². The average molecular weight is 326 g/mol. The third kappa shape index (κ3) is 2.84. The zero-order valence-corrected chi connectivity index (χ0v) is 13.8. The number of nitrogen functional groups attached to an aromatic ring is 1. The van der Waals surface area contributed by atoms with E-state index in [4.69, 9.17) is 15.2 Å². The van der Waals surface area contributed by atoms with Crippen LogP contribution in [0.2, 0.25) is 0 Å². The van der Waals surface area contributed by atoms with Gasteiger partial charge in [0.1, 0.15) is 19.0 Å². The van der Waals surface area contributed by atoms with Crippen LogP contribution in [0.4, 0.5) is 11.8 Å². The lowest BCUT2D eigenvalue weighted by Gasteiger charge is -2.23. The summed E-state index contributed by atoms with van der Waals surface area (Å²) in [5.41, 5.74) is 9.31. The van der Waals surface area contributed by atoms with E-state index in [0.717, 1.165) is 41.4 Å². The molecule has 126 valence electrons. The van der Waals surface area contributed by atoms with Gasteiger partial charge in [-0.3, -0.25) is 0 Å². The molecule has 4 rings (SSSR count). The number of ether oxygens (including phenoxy) is 2. The SMILES string of the molecule is CC(Nc1nc(N)nc2c1CCCC2)c1ccc2c(c1)OCCO2. The minimum Gasteiger partial charge on any atom is -0.486 e. The minimum absolute atomic E-state index is 0.0844. The second kappa shape index (κ2) is 6.19. The molecule has 1 aromatic heterocycles. The maximum absolute atomic E-state index is 5.89. The molecule has 0 amide bonds. The lowest BCUT2D eigenvalue weighted by Crippen LogP contribution is -2.18. The van der Waals surface area contributed by atoms with E-state index in [1.165, 1.54) is 18.4 Å². The molecule has 0 fully saturated rings. The Kier molecular flexibility index (Phi) is 3.88. The fraction of sp³-hybridized carbons (Fsp3) is 0.444. The molecule has 0 radical (unpaired) electrons. The van der Waals surface area contributed by atoms with Gasteiger partial charge in [0.05, 0.1) is 11.7 Å². The molecule has 2 aliphatic rings. The molecule has 3 N–H and O–H groups in total. The van der Waals surface area contributed by atoms with Crippen LogP contribution in [-0.4, -0.2) is 23.2 Å². The van der Waals surface area contributed by atoms with Crippen molar-refractivity contribution in [1.82, 2.24) is 9.97 Å². The number of aromatic nitrogens is 2. The van der Waals surface area contributed by atoms with Crippen LogP contribution in [0.1, 0.15) is 42.6 Å². The number of nitrogens with two attached hydrogens (primary N) is 1. The van der Waals surface area contributed by atoms with Crippen molar-refractivity contribution in [2.24, 2.45) is 0 Å². The second-order valence-corrected chi connectivity index (χ2v) is 6.33. The van der Waals surface area contributed by atoms with Gasteiger partial charge in [0.25, 0.3) is 0 Å². The summed E-state index contributed by atoms with van der Waals surface area (Å²) in [5.74, 6) is 2.81. The van der Waals surface area contributed by atoms with Gasteiger partial charge >= 0.3 is 0 Å². The van der Waals surface area contributed by atoms with Crippen LogP contribution in [-0.2, 0) is 12.8 Å². The number of benzene rings is 1. The first-order valence-electron chi connectivity index (χ1n) is 8.52. The van der Waals surface area contributed by atoms with Gasteiger partial charge in [-0.05, 0) is 50.3 Å². The second-order valence-electron chi connectivity index (χ2n) is 6.33. The molecule has 0 saturated heterocycles. The number of hydrogen-bond donors (Lipinski definition) is 2. The lowest BCUT2D eigenvalue weighted by atomic mass is 9.96. The number of aryl methyl sites for hydroxylation is 1. The topological polar surface area (TPSA) is 82.3 Å². The van der Waals surface area contributed by atoms with Gasteiger partial charge in [0, 0.05) is 5.56 Å². The highest BCUT2D eigenvalue weighted by molar-refractivity contribution is 5.53. The predicted molar refractivity (Wildman–Crippen MR) is 92.6 cm³/mol. The van der Waals surface area contributed by atoms with Crippen molar-refractivity contribution in [1.29, 1.82) is 0 Å². The van der Waals surface area contributed by atoms with Crippen LogP contribution in [0, 0.1) is 0 Å². The van der Waals surface area contributed by atoms with Crippen molar-refractivity contribution >= 4 is 11.8 Å². The molecule has 1 aliphatic carbocycles. The Bertz CT molecular complexity index is 763. The molecular formula is C18H22N4O2. The van der Waals surface area contributed by atoms with E-state index in [2.05, 4.69) is 28.3 Å². The van der Waals surface area contributed by atoms with Crippen molar-refractivity contribution in [3.63, 3.8) is 0 Å². The van der Waals surface area contributed by atoms with Crippen molar-refractivity contribution < 1.29 is 9.47 Å². The van der Waals surface area contributed by atoms with Crippen molar-refractivity contribution in [2.75, 3.05) is 24.3 Å². The van der Waals surface area contributed by atoms with E-state index in [9.17, 15) is 0 Å². The fourth-order valence-electron chi connectivity index (χ4n) is 3.35. The van der Waals surface area contributed by atoms with Gasteiger partial charge in [-0.15, -0.1) is 0 Å². The van der Waals surface area contributed by atoms with E-state index >= 15 is 0 Å². The Hall–Kier alpha value is -2.50. The van der Waals surface area contributed by atoms with Gasteiger partial charge in [0.2, 0.25) is 5.95 Å². The number of hydrogen-bond acceptors (Lipinski definition) is 6. The summed E-state index contributed by atoms with van der Waals surface area (Å²) in [6.45, 7) is 3.31. The normalized spacial score (nSPS) is 17.0. The minimum atomic E-state index is 0.0844. The smallest absolute Gasteiger partial charge is 0.222 e. The highest BCUT2D eigenvalue weighted by Gasteiger charge is 2.20. The summed E-state index contributed by atoms with van der Waals surface area (Å²) in [7, 11) is 0. The van der Waals surface area contributed by atoms with Crippen LogP contribution in [0.25, 0.3) is 0 Å². The van der Waals surface area contributed by atoms with E-state index in [1.54, 1.807) is 0 Å². The zero-order valence-electron chi connectivity index (χ0n) is 13.8. The summed E-state index contributed by atoms with van der Waals surface area (Å²) in [4.78, 5) is 8.84. The average Bonchev–Trinajstić information content (AvgIpc) is 2.61. The summed E-state index contributed by atoms with van der Waals surface area (Å²) in [5, 5.41) is 3.51. The van der Waals surface area contributed by atoms with Gasteiger partial charge in [-0.1, -0.05) is 6.07 Å². The predicted octanol–water partition coefficient (Wildman–Crippen LogP) is 2.88. The van der Waals surface area contributed by atoms with Crippen LogP contribution in [0.5, 0.6) is 11.5 Å². The van der Waals surface area contributed by atoms with Crippen molar-refractivity contribution in [3.8, 4) is 11.5 Å². The van der Waals surface area contributed by atoms with E-state index in [1.807, 2.05) is 12.1 Å². The van der Waals surface area contributed by atoms with Gasteiger partial charge in [-0.2, -0.15) is 4.98 Å². The van der Waals surface area contributed by atoms with E-state index in [0.29, 0.717) is 19.2 Å². The Morgan fingerprint density at radius 3 is 2.75 bits per heavy atom. The third-order valence-corrected chi connectivity index (χ3v) is 4.62. The Balaban J connectivity index is 1.60. The molecule has 6 heteroatoms. The molecule has 1 aliphatic heterocycles. The highest BCUT2D eigenvalue weighted by atomic mass is 16.6. The number of anilines is 2.